The zero-order valence-corrected chi connectivity index (χ0v) is 18.9. The van der Waals surface area contributed by atoms with Gasteiger partial charge in [0.05, 0.1) is 14.2 Å². The van der Waals surface area contributed by atoms with Gasteiger partial charge in [0.1, 0.15) is 11.5 Å². The fraction of sp³-hybridized carbons (Fsp3) is 0.526. The van der Waals surface area contributed by atoms with Gasteiger partial charge in [0, 0.05) is 18.2 Å². The van der Waals surface area contributed by atoms with E-state index in [2.05, 4.69) is 32.2 Å². The molecule has 1 fully saturated rings. The number of aromatic nitrogens is 3. The molecule has 10 heteroatoms. The van der Waals surface area contributed by atoms with Crippen LogP contribution in [0.15, 0.2) is 18.2 Å². The Balaban J connectivity index is 1.90. The highest BCUT2D eigenvalue weighted by Crippen LogP contribution is 2.37. The lowest BCUT2D eigenvalue weighted by molar-refractivity contribution is 0.226. The van der Waals surface area contributed by atoms with Crippen molar-refractivity contribution >= 4 is 40.8 Å². The van der Waals surface area contributed by atoms with Gasteiger partial charge in [-0.15, -0.1) is 0 Å². The lowest BCUT2D eigenvalue weighted by Crippen LogP contribution is -2.33. The fourth-order valence-electron chi connectivity index (χ4n) is 3.15. The predicted molar refractivity (Wildman–Crippen MR) is 116 cm³/mol. The van der Waals surface area contributed by atoms with Crippen molar-refractivity contribution in [1.29, 1.82) is 0 Å². The Kier molecular flexibility index (Phi) is 7.27. The number of halogens is 3. The van der Waals surface area contributed by atoms with E-state index < -0.39 is 3.79 Å². The summed E-state index contributed by atoms with van der Waals surface area (Å²) < 4.78 is 8.89. The molecule has 0 bridgehead atoms. The smallest absolute Gasteiger partial charge is 0.250 e. The maximum atomic E-state index is 6.07. The lowest BCUT2D eigenvalue weighted by Gasteiger charge is -2.29. The van der Waals surface area contributed by atoms with Crippen LogP contribution in [-0.4, -0.2) is 60.8 Å². The van der Waals surface area contributed by atoms with E-state index in [1.165, 1.54) is 0 Å². The van der Waals surface area contributed by atoms with Gasteiger partial charge in [-0.2, -0.15) is 9.97 Å². The van der Waals surface area contributed by atoms with Crippen molar-refractivity contribution < 1.29 is 9.47 Å². The second-order valence-corrected chi connectivity index (χ2v) is 9.31. The number of nitrogens with one attached hydrogen (secondary N) is 1. The summed E-state index contributed by atoms with van der Waals surface area (Å²) in [6.45, 7) is 2.91. The van der Waals surface area contributed by atoms with Crippen LogP contribution in [0.4, 0.5) is 5.95 Å². The maximum absolute atomic E-state index is 6.07. The topological polar surface area (TPSA) is 72.4 Å². The summed E-state index contributed by atoms with van der Waals surface area (Å²) in [6, 6.07) is 5.35. The van der Waals surface area contributed by atoms with Crippen LogP contribution in [0.25, 0.3) is 11.4 Å². The highest BCUT2D eigenvalue weighted by atomic mass is 35.6. The molecule has 1 saturated heterocycles. The minimum absolute atomic E-state index is 0.0557. The molecule has 0 amide bonds. The average molecular weight is 461 g/mol. The number of nitrogens with zero attached hydrogens (tertiary/aromatic N) is 4. The molecule has 0 atom stereocenters. The van der Waals surface area contributed by atoms with Crippen LogP contribution in [0.1, 0.15) is 18.7 Å². The van der Waals surface area contributed by atoms with Gasteiger partial charge in [-0.3, -0.25) is 0 Å². The van der Waals surface area contributed by atoms with Crippen molar-refractivity contribution in [3.63, 3.8) is 0 Å². The Labute approximate surface area is 185 Å². The van der Waals surface area contributed by atoms with Crippen LogP contribution in [0.5, 0.6) is 11.5 Å². The number of rotatable bonds is 6. The molecule has 1 N–H and O–H groups in total. The van der Waals surface area contributed by atoms with Gasteiger partial charge in [-0.05, 0) is 51.0 Å². The number of ether oxygens (including phenoxy) is 2. The fourth-order valence-corrected chi connectivity index (χ4v) is 3.40. The number of likely N-dealkylation sites (tertiary alicyclic amines) is 1. The van der Waals surface area contributed by atoms with E-state index in [0.29, 0.717) is 34.8 Å². The second kappa shape index (κ2) is 9.51. The van der Waals surface area contributed by atoms with E-state index in [0.717, 1.165) is 32.5 Å². The molecule has 0 saturated carbocycles. The molecule has 1 aliphatic heterocycles. The van der Waals surface area contributed by atoms with Gasteiger partial charge < -0.3 is 19.7 Å². The molecule has 2 aromatic rings. The van der Waals surface area contributed by atoms with Gasteiger partial charge in [0.25, 0.3) is 0 Å². The Morgan fingerprint density at radius 2 is 1.66 bits per heavy atom. The monoisotopic (exact) mass is 459 g/mol. The molecule has 0 spiro atoms. The summed E-state index contributed by atoms with van der Waals surface area (Å²) in [5, 5.41) is 3.29. The van der Waals surface area contributed by atoms with Crippen LogP contribution in [0, 0.1) is 5.92 Å². The van der Waals surface area contributed by atoms with E-state index in [4.69, 9.17) is 44.3 Å². The average Bonchev–Trinajstić information content (AvgIpc) is 2.72. The van der Waals surface area contributed by atoms with Crippen LogP contribution >= 0.6 is 34.8 Å². The molecule has 29 heavy (non-hydrogen) atoms. The molecular weight excluding hydrogens is 437 g/mol. The molecule has 1 aromatic carbocycles. The highest BCUT2D eigenvalue weighted by molar-refractivity contribution is 6.66. The molecule has 158 valence electrons. The number of hydrogen-bond acceptors (Lipinski definition) is 7. The normalized spacial score (nSPS) is 15.9. The molecule has 0 aliphatic carbocycles. The standard InChI is InChI=1S/C19H24Cl3N5O2/c1-27-6-4-12(5-7-27)11-23-18-25-16(24-17(26-18)19(20,21)22)13-8-14(28-2)10-15(9-13)29-3/h8-10,12H,4-7,11H2,1-3H3,(H,23,24,25,26). The van der Waals surface area contributed by atoms with Gasteiger partial charge in [0.2, 0.25) is 9.74 Å². The summed E-state index contributed by atoms with van der Waals surface area (Å²) in [4.78, 5) is 15.5. The third kappa shape index (κ3) is 5.98. The van der Waals surface area contributed by atoms with Crippen LogP contribution in [-0.2, 0) is 3.79 Å². The van der Waals surface area contributed by atoms with E-state index in [9.17, 15) is 0 Å². The van der Waals surface area contributed by atoms with E-state index in [-0.39, 0.29) is 5.82 Å². The first kappa shape index (κ1) is 22.2. The van der Waals surface area contributed by atoms with Crippen molar-refractivity contribution in [1.82, 2.24) is 19.9 Å². The number of benzene rings is 1. The van der Waals surface area contributed by atoms with Gasteiger partial charge in [0.15, 0.2) is 11.6 Å². The SMILES string of the molecule is COc1cc(OC)cc(-c2nc(NCC3CCN(C)CC3)nc(C(Cl)(Cl)Cl)n2)c1. The highest BCUT2D eigenvalue weighted by Gasteiger charge is 2.29. The number of piperidine rings is 1. The quantitative estimate of drug-likeness (QED) is 0.650. The number of alkyl halides is 3. The van der Waals surface area contributed by atoms with Gasteiger partial charge in [-0.25, -0.2) is 4.98 Å². The largest absolute Gasteiger partial charge is 0.497 e. The first-order valence-electron chi connectivity index (χ1n) is 9.27. The summed E-state index contributed by atoms with van der Waals surface area (Å²) in [7, 11) is 5.29. The lowest BCUT2D eigenvalue weighted by atomic mass is 9.97. The number of anilines is 1. The van der Waals surface area contributed by atoms with Gasteiger partial charge >= 0.3 is 0 Å². The molecule has 0 unspecified atom stereocenters. The van der Waals surface area contributed by atoms with E-state index in [1.54, 1.807) is 32.4 Å². The third-order valence-electron chi connectivity index (χ3n) is 4.89. The van der Waals surface area contributed by atoms with Crippen molar-refractivity contribution in [3.8, 4) is 22.9 Å². The van der Waals surface area contributed by atoms with Crippen LogP contribution in [0.3, 0.4) is 0 Å². The molecule has 2 heterocycles. The Bertz CT molecular complexity index is 817. The Hall–Kier alpha value is -1.54. The first-order chi connectivity index (χ1) is 13.8. The zero-order valence-electron chi connectivity index (χ0n) is 16.6. The number of hydrogen-bond donors (Lipinski definition) is 1. The first-order valence-corrected chi connectivity index (χ1v) is 10.4. The summed E-state index contributed by atoms with van der Waals surface area (Å²) in [5.74, 6) is 2.55. The summed E-state index contributed by atoms with van der Waals surface area (Å²) >= 11 is 18.2. The summed E-state index contributed by atoms with van der Waals surface area (Å²) in [5.41, 5.74) is 0.668. The predicted octanol–water partition coefficient (Wildman–Crippen LogP) is 4.14. The minimum Gasteiger partial charge on any atom is -0.497 e. The third-order valence-corrected chi connectivity index (χ3v) is 5.39. The van der Waals surface area contributed by atoms with E-state index >= 15 is 0 Å². The van der Waals surface area contributed by atoms with Gasteiger partial charge in [-0.1, -0.05) is 34.8 Å². The number of methoxy groups -OCH3 is 2. The van der Waals surface area contributed by atoms with Crippen molar-refractivity contribution in [2.75, 3.05) is 46.2 Å². The summed E-state index contributed by atoms with van der Waals surface area (Å²) in [6.07, 6.45) is 2.23. The maximum Gasteiger partial charge on any atom is 0.250 e. The molecular formula is C19H24Cl3N5O2. The van der Waals surface area contributed by atoms with Crippen molar-refractivity contribution in [2.45, 2.75) is 16.6 Å². The Morgan fingerprint density at radius 1 is 1.03 bits per heavy atom. The zero-order chi connectivity index (χ0) is 21.0. The molecule has 3 rings (SSSR count). The minimum atomic E-state index is -1.77. The van der Waals surface area contributed by atoms with Crippen LogP contribution in [0.2, 0.25) is 0 Å². The Morgan fingerprint density at radius 3 is 2.21 bits per heavy atom. The van der Waals surface area contributed by atoms with Crippen LogP contribution < -0.4 is 14.8 Å². The van der Waals surface area contributed by atoms with Crippen molar-refractivity contribution in [2.24, 2.45) is 5.92 Å². The molecule has 1 aliphatic rings. The van der Waals surface area contributed by atoms with E-state index in [1.807, 2.05) is 0 Å². The molecule has 7 nitrogen and oxygen atoms in total. The van der Waals surface area contributed by atoms with Crippen molar-refractivity contribution in [3.05, 3.63) is 24.0 Å². The second-order valence-electron chi connectivity index (χ2n) is 7.03. The molecule has 1 aromatic heterocycles. The molecule has 0 radical (unpaired) electrons.